The lowest BCUT2D eigenvalue weighted by atomic mass is 10.1. The van der Waals surface area contributed by atoms with E-state index < -0.39 is 0 Å². The summed E-state index contributed by atoms with van der Waals surface area (Å²) in [5.41, 5.74) is 1.36. The van der Waals surface area contributed by atoms with Crippen molar-refractivity contribution in [2.75, 3.05) is 7.11 Å². The molecule has 0 saturated carbocycles. The Bertz CT molecular complexity index is 608. The Labute approximate surface area is 107 Å². The van der Waals surface area contributed by atoms with Crippen molar-refractivity contribution < 1.29 is 4.74 Å². The molecule has 17 heavy (non-hydrogen) atoms. The largest absolute Gasteiger partial charge is 0.496 e. The van der Waals surface area contributed by atoms with Gasteiger partial charge in [-0.15, -0.1) is 0 Å². The third kappa shape index (κ3) is 2.55. The van der Waals surface area contributed by atoms with Crippen molar-refractivity contribution in [3.05, 3.63) is 44.9 Å². The van der Waals surface area contributed by atoms with E-state index in [0.29, 0.717) is 11.5 Å². The van der Waals surface area contributed by atoms with Gasteiger partial charge < -0.3 is 9.72 Å². The number of hydrogen-bond donors (Lipinski definition) is 1. The van der Waals surface area contributed by atoms with Gasteiger partial charge in [0.1, 0.15) is 11.6 Å². The second kappa shape index (κ2) is 4.71. The minimum absolute atomic E-state index is 0.153. The van der Waals surface area contributed by atoms with E-state index in [0.717, 1.165) is 15.8 Å². The molecule has 0 aliphatic carbocycles. The van der Waals surface area contributed by atoms with Gasteiger partial charge >= 0.3 is 0 Å². The summed E-state index contributed by atoms with van der Waals surface area (Å²) < 4.78 is 5.98. The molecule has 88 valence electrons. The highest BCUT2D eigenvalue weighted by atomic mass is 79.9. The lowest BCUT2D eigenvalue weighted by Gasteiger charge is -2.06. The Hall–Kier alpha value is -1.62. The fraction of sp³-hybridized carbons (Fsp3) is 0.167. The lowest BCUT2D eigenvalue weighted by molar-refractivity contribution is 0.412. The minimum Gasteiger partial charge on any atom is -0.496 e. The van der Waals surface area contributed by atoms with Crippen molar-refractivity contribution >= 4 is 15.9 Å². The molecule has 1 aromatic heterocycles. The first kappa shape index (κ1) is 11.9. The first-order valence-electron chi connectivity index (χ1n) is 5.02. The summed E-state index contributed by atoms with van der Waals surface area (Å²) in [4.78, 5) is 18.3. The molecule has 2 rings (SSSR count). The molecule has 4 nitrogen and oxygen atoms in total. The van der Waals surface area contributed by atoms with E-state index in [4.69, 9.17) is 4.74 Å². The summed E-state index contributed by atoms with van der Waals surface area (Å²) >= 11 is 3.40. The predicted molar refractivity (Wildman–Crippen MR) is 69.3 cm³/mol. The quantitative estimate of drug-likeness (QED) is 0.926. The van der Waals surface area contributed by atoms with Crippen LogP contribution in [-0.2, 0) is 0 Å². The highest BCUT2D eigenvalue weighted by Gasteiger charge is 2.05. The standard InChI is InChI=1S/C12H11BrN2O2/c1-7-14-10(6-12(16)15-7)8-3-4-11(17-2)9(13)5-8/h3-6H,1-2H3,(H,14,15,16). The van der Waals surface area contributed by atoms with Crippen LogP contribution >= 0.6 is 15.9 Å². The van der Waals surface area contributed by atoms with Gasteiger partial charge in [0, 0.05) is 11.6 Å². The van der Waals surface area contributed by atoms with Crippen LogP contribution in [0.2, 0.25) is 0 Å². The maximum absolute atomic E-state index is 11.4. The summed E-state index contributed by atoms with van der Waals surface area (Å²) in [7, 11) is 1.61. The van der Waals surface area contributed by atoms with Crippen molar-refractivity contribution in [1.82, 2.24) is 9.97 Å². The molecule has 0 radical (unpaired) electrons. The van der Waals surface area contributed by atoms with Crippen LogP contribution in [0, 0.1) is 6.92 Å². The molecule has 0 unspecified atom stereocenters. The fourth-order valence-electron chi connectivity index (χ4n) is 1.55. The average Bonchev–Trinajstić information content (AvgIpc) is 2.27. The zero-order valence-corrected chi connectivity index (χ0v) is 11.0. The number of rotatable bonds is 2. The number of aromatic nitrogens is 2. The van der Waals surface area contributed by atoms with Crippen LogP contribution in [0.3, 0.4) is 0 Å². The van der Waals surface area contributed by atoms with E-state index in [-0.39, 0.29) is 5.56 Å². The van der Waals surface area contributed by atoms with E-state index in [1.165, 1.54) is 6.07 Å². The summed E-state index contributed by atoms with van der Waals surface area (Å²) in [6, 6.07) is 7.05. The van der Waals surface area contributed by atoms with Crippen molar-refractivity contribution in [2.24, 2.45) is 0 Å². The van der Waals surface area contributed by atoms with Gasteiger partial charge in [0.05, 0.1) is 17.3 Å². The highest BCUT2D eigenvalue weighted by molar-refractivity contribution is 9.10. The smallest absolute Gasteiger partial charge is 0.251 e. The van der Waals surface area contributed by atoms with Gasteiger partial charge in [-0.05, 0) is 41.1 Å². The molecule has 0 aliphatic rings. The number of nitrogens with zero attached hydrogens (tertiary/aromatic N) is 1. The molecule has 0 bridgehead atoms. The number of nitrogens with one attached hydrogen (secondary N) is 1. The Morgan fingerprint density at radius 3 is 2.71 bits per heavy atom. The van der Waals surface area contributed by atoms with E-state index in [9.17, 15) is 4.79 Å². The zero-order chi connectivity index (χ0) is 12.4. The maximum Gasteiger partial charge on any atom is 0.251 e. The van der Waals surface area contributed by atoms with Crippen LogP contribution in [0.1, 0.15) is 5.82 Å². The van der Waals surface area contributed by atoms with Crippen LogP contribution in [0.25, 0.3) is 11.3 Å². The molecule has 1 N–H and O–H groups in total. The number of aryl methyl sites for hydroxylation is 1. The first-order chi connectivity index (χ1) is 8.10. The SMILES string of the molecule is COc1ccc(-c2cc(=O)[nH]c(C)n2)cc1Br. The Kier molecular flexibility index (Phi) is 3.28. The summed E-state index contributed by atoms with van der Waals surface area (Å²) in [6.07, 6.45) is 0. The Morgan fingerprint density at radius 1 is 1.35 bits per heavy atom. The van der Waals surface area contributed by atoms with Crippen LogP contribution in [0.15, 0.2) is 33.5 Å². The first-order valence-corrected chi connectivity index (χ1v) is 5.81. The van der Waals surface area contributed by atoms with Gasteiger partial charge in [-0.25, -0.2) is 4.98 Å². The Morgan fingerprint density at radius 2 is 2.12 bits per heavy atom. The zero-order valence-electron chi connectivity index (χ0n) is 9.45. The number of H-pyrrole nitrogens is 1. The molecule has 0 amide bonds. The van der Waals surface area contributed by atoms with Crippen LogP contribution in [-0.4, -0.2) is 17.1 Å². The van der Waals surface area contributed by atoms with E-state index in [1.807, 2.05) is 18.2 Å². The van der Waals surface area contributed by atoms with Gasteiger partial charge in [0.15, 0.2) is 0 Å². The average molecular weight is 295 g/mol. The summed E-state index contributed by atoms with van der Waals surface area (Å²) in [5.74, 6) is 1.34. The van der Waals surface area contributed by atoms with Crippen LogP contribution in [0.4, 0.5) is 0 Å². The van der Waals surface area contributed by atoms with Crippen molar-refractivity contribution in [1.29, 1.82) is 0 Å². The van der Waals surface area contributed by atoms with Crippen molar-refractivity contribution in [2.45, 2.75) is 6.92 Å². The fourth-order valence-corrected chi connectivity index (χ4v) is 2.09. The summed E-state index contributed by atoms with van der Waals surface area (Å²) in [6.45, 7) is 1.75. The molecule has 1 heterocycles. The molecule has 0 saturated heterocycles. The van der Waals surface area contributed by atoms with Gasteiger partial charge in [-0.2, -0.15) is 0 Å². The van der Waals surface area contributed by atoms with Gasteiger partial charge in [-0.1, -0.05) is 0 Å². The lowest BCUT2D eigenvalue weighted by Crippen LogP contribution is -2.08. The molecular weight excluding hydrogens is 284 g/mol. The number of benzene rings is 1. The number of ether oxygens (including phenoxy) is 1. The third-order valence-electron chi connectivity index (χ3n) is 2.31. The van der Waals surface area contributed by atoms with Crippen molar-refractivity contribution in [3.63, 3.8) is 0 Å². The van der Waals surface area contributed by atoms with Crippen LogP contribution < -0.4 is 10.3 Å². The molecule has 0 fully saturated rings. The molecule has 0 spiro atoms. The van der Waals surface area contributed by atoms with Gasteiger partial charge in [0.2, 0.25) is 0 Å². The Balaban J connectivity index is 2.53. The molecule has 5 heteroatoms. The predicted octanol–water partition coefficient (Wildman–Crippen LogP) is 2.52. The van der Waals surface area contributed by atoms with Crippen LogP contribution in [0.5, 0.6) is 5.75 Å². The highest BCUT2D eigenvalue weighted by Crippen LogP contribution is 2.29. The van der Waals surface area contributed by atoms with Gasteiger partial charge in [0.25, 0.3) is 5.56 Å². The van der Waals surface area contributed by atoms with E-state index in [1.54, 1.807) is 14.0 Å². The molecule has 2 aromatic rings. The summed E-state index contributed by atoms with van der Waals surface area (Å²) in [5, 5.41) is 0. The maximum atomic E-state index is 11.4. The second-order valence-electron chi connectivity index (χ2n) is 3.57. The second-order valence-corrected chi connectivity index (χ2v) is 4.42. The van der Waals surface area contributed by atoms with Gasteiger partial charge in [-0.3, -0.25) is 4.79 Å². The molecule has 0 atom stereocenters. The van der Waals surface area contributed by atoms with E-state index in [2.05, 4.69) is 25.9 Å². The molecule has 1 aromatic carbocycles. The number of methoxy groups -OCH3 is 1. The molecule has 0 aliphatic heterocycles. The van der Waals surface area contributed by atoms with Crippen molar-refractivity contribution in [3.8, 4) is 17.0 Å². The van der Waals surface area contributed by atoms with E-state index >= 15 is 0 Å². The normalized spacial score (nSPS) is 10.3. The third-order valence-corrected chi connectivity index (χ3v) is 2.93. The number of aromatic amines is 1. The topological polar surface area (TPSA) is 55.0 Å². The minimum atomic E-state index is -0.153. The number of halogens is 1. The molecular formula is C12H11BrN2O2. The number of hydrogen-bond acceptors (Lipinski definition) is 3. The monoisotopic (exact) mass is 294 g/mol.